The van der Waals surface area contributed by atoms with Gasteiger partial charge in [-0.3, -0.25) is 19.5 Å². The van der Waals surface area contributed by atoms with Gasteiger partial charge in [0.1, 0.15) is 0 Å². The number of nitrogens with zero attached hydrogens (tertiary/aromatic N) is 4. The van der Waals surface area contributed by atoms with Crippen LogP contribution in [0.25, 0.3) is 11.0 Å². The van der Waals surface area contributed by atoms with Crippen molar-refractivity contribution in [2.75, 3.05) is 5.32 Å². The number of imidazole rings is 1. The van der Waals surface area contributed by atoms with E-state index in [0.29, 0.717) is 16.6 Å². The van der Waals surface area contributed by atoms with E-state index in [2.05, 4.69) is 20.5 Å². The molecule has 7 nitrogen and oxygen atoms in total. The first kappa shape index (κ1) is 22.0. The fourth-order valence-corrected chi connectivity index (χ4v) is 4.33. The highest BCUT2D eigenvalue weighted by molar-refractivity contribution is 8.00. The number of amides is 1. The number of alkyl halides is 3. The maximum Gasteiger partial charge on any atom is 0.445 e. The number of hydrogen-bond acceptors (Lipinski definition) is 7. The molecule has 0 saturated heterocycles. The molecule has 0 spiro atoms. The zero-order valence-electron chi connectivity index (χ0n) is 16.3. The monoisotopic (exact) mass is 477 g/mol. The minimum atomic E-state index is -4.64. The summed E-state index contributed by atoms with van der Waals surface area (Å²) < 4.78 is 39.5. The van der Waals surface area contributed by atoms with Crippen molar-refractivity contribution in [3.8, 4) is 0 Å². The number of rotatable bonds is 5. The number of thioether (sulfide) groups is 1. The normalized spacial score (nSPS) is 12.6. The Labute approximate surface area is 187 Å². The molecule has 0 aliphatic heterocycles. The van der Waals surface area contributed by atoms with E-state index in [1.54, 1.807) is 61.5 Å². The minimum absolute atomic E-state index is 0.238. The number of carbonyl (C=O) groups is 2. The van der Waals surface area contributed by atoms with Gasteiger partial charge >= 0.3 is 6.18 Å². The van der Waals surface area contributed by atoms with Crippen molar-refractivity contribution in [3.63, 3.8) is 0 Å². The highest BCUT2D eigenvalue weighted by Gasteiger charge is 2.36. The van der Waals surface area contributed by atoms with E-state index >= 15 is 0 Å². The van der Waals surface area contributed by atoms with Gasteiger partial charge < -0.3 is 0 Å². The summed E-state index contributed by atoms with van der Waals surface area (Å²) in [6.45, 7) is 1.56. The molecule has 1 amide bonds. The van der Waals surface area contributed by atoms with E-state index in [1.165, 1.54) is 4.57 Å². The van der Waals surface area contributed by atoms with Gasteiger partial charge in [0.15, 0.2) is 5.16 Å². The van der Waals surface area contributed by atoms with Gasteiger partial charge in [-0.15, -0.1) is 10.2 Å². The molecule has 0 saturated carbocycles. The zero-order chi connectivity index (χ0) is 22.9. The van der Waals surface area contributed by atoms with Crippen LogP contribution in [0.4, 0.5) is 18.3 Å². The number of halogens is 3. The molecule has 32 heavy (non-hydrogen) atoms. The summed E-state index contributed by atoms with van der Waals surface area (Å²) in [5.74, 6) is -0.904. The summed E-state index contributed by atoms with van der Waals surface area (Å²) in [4.78, 5) is 30.2. The molecule has 1 N–H and O–H groups in total. The topological polar surface area (TPSA) is 89.8 Å². The van der Waals surface area contributed by atoms with Crippen LogP contribution in [-0.2, 0) is 11.0 Å². The standard InChI is InChI=1S/C20H14F3N5O2S2/c1-11(15(29)25-18-27-26-17(32-18)20(21,22)23)31-19-24-13-9-5-6-10-14(13)28(19)16(30)12-7-3-2-4-8-12/h2-11H,1H3,(H,25,27,29). The van der Waals surface area contributed by atoms with Gasteiger partial charge in [0.2, 0.25) is 16.0 Å². The number of hydrogen-bond donors (Lipinski definition) is 1. The van der Waals surface area contributed by atoms with Crippen LogP contribution in [0.15, 0.2) is 59.8 Å². The van der Waals surface area contributed by atoms with Gasteiger partial charge in [0.05, 0.1) is 16.3 Å². The summed E-state index contributed by atoms with van der Waals surface area (Å²) in [6, 6.07) is 15.7. The second-order valence-corrected chi connectivity index (χ2v) is 8.83. The molecule has 0 radical (unpaired) electrons. The van der Waals surface area contributed by atoms with Crippen LogP contribution in [0.5, 0.6) is 0 Å². The van der Waals surface area contributed by atoms with Gasteiger partial charge in [-0.1, -0.05) is 53.4 Å². The van der Waals surface area contributed by atoms with Crippen LogP contribution in [-0.4, -0.2) is 36.8 Å². The minimum Gasteiger partial charge on any atom is -0.300 e. The lowest BCUT2D eigenvalue weighted by Crippen LogP contribution is -2.23. The molecule has 0 aliphatic carbocycles. The Bertz CT molecular complexity index is 1290. The van der Waals surface area contributed by atoms with Crippen LogP contribution in [0.1, 0.15) is 22.3 Å². The second-order valence-electron chi connectivity index (χ2n) is 6.55. The molecule has 4 rings (SSSR count). The van der Waals surface area contributed by atoms with Crippen molar-refractivity contribution in [3.05, 3.63) is 65.2 Å². The third-order valence-electron chi connectivity index (χ3n) is 4.30. The average Bonchev–Trinajstić information content (AvgIpc) is 3.38. The Morgan fingerprint density at radius 2 is 1.75 bits per heavy atom. The molecular formula is C20H14F3N5O2S2. The fraction of sp³-hybridized carbons (Fsp3) is 0.150. The molecule has 0 bridgehead atoms. The number of aromatic nitrogens is 4. The summed E-state index contributed by atoms with van der Waals surface area (Å²) in [6.07, 6.45) is -4.64. The van der Waals surface area contributed by atoms with E-state index in [1.807, 2.05) is 0 Å². The van der Waals surface area contributed by atoms with Crippen molar-refractivity contribution >= 4 is 51.1 Å². The van der Waals surface area contributed by atoms with Crippen LogP contribution in [0.3, 0.4) is 0 Å². The molecule has 1 atom stereocenters. The van der Waals surface area contributed by atoms with Crippen LogP contribution < -0.4 is 5.32 Å². The molecule has 12 heteroatoms. The Kier molecular flexibility index (Phi) is 5.98. The van der Waals surface area contributed by atoms with E-state index < -0.39 is 22.3 Å². The van der Waals surface area contributed by atoms with Gasteiger partial charge in [-0.2, -0.15) is 13.2 Å². The first-order chi connectivity index (χ1) is 15.2. The molecule has 4 aromatic rings. The van der Waals surface area contributed by atoms with Crippen molar-refractivity contribution in [1.82, 2.24) is 19.7 Å². The average molecular weight is 477 g/mol. The maximum atomic E-state index is 13.2. The van der Waals surface area contributed by atoms with Crippen molar-refractivity contribution in [2.24, 2.45) is 0 Å². The lowest BCUT2D eigenvalue weighted by Gasteiger charge is -2.12. The Morgan fingerprint density at radius 3 is 2.44 bits per heavy atom. The van der Waals surface area contributed by atoms with E-state index in [0.717, 1.165) is 11.8 Å². The highest BCUT2D eigenvalue weighted by atomic mass is 32.2. The number of carbonyl (C=O) groups excluding carboxylic acids is 2. The van der Waals surface area contributed by atoms with E-state index in [4.69, 9.17) is 0 Å². The second kappa shape index (κ2) is 8.71. The Balaban J connectivity index is 1.59. The first-order valence-corrected chi connectivity index (χ1v) is 10.9. The molecular weight excluding hydrogens is 463 g/mol. The SMILES string of the molecule is CC(Sc1nc2ccccc2n1C(=O)c1ccccc1)C(=O)Nc1nnc(C(F)(F)F)s1. The molecule has 2 aromatic heterocycles. The van der Waals surface area contributed by atoms with Gasteiger partial charge in [0.25, 0.3) is 5.91 Å². The van der Waals surface area contributed by atoms with Crippen LogP contribution in [0, 0.1) is 0 Å². The summed E-state index contributed by atoms with van der Waals surface area (Å²) in [7, 11) is 0. The lowest BCUT2D eigenvalue weighted by molar-refractivity contribution is -0.138. The molecule has 2 aromatic carbocycles. The number of para-hydroxylation sites is 2. The maximum absolute atomic E-state index is 13.2. The summed E-state index contributed by atoms with van der Waals surface area (Å²) in [5, 5.41) is 6.83. The van der Waals surface area contributed by atoms with Crippen molar-refractivity contribution in [1.29, 1.82) is 0 Å². The first-order valence-electron chi connectivity index (χ1n) is 9.19. The largest absolute Gasteiger partial charge is 0.445 e. The smallest absolute Gasteiger partial charge is 0.300 e. The quantitative estimate of drug-likeness (QED) is 0.419. The van der Waals surface area contributed by atoms with E-state index in [9.17, 15) is 22.8 Å². The number of anilines is 1. The Morgan fingerprint density at radius 1 is 1.06 bits per heavy atom. The molecule has 164 valence electrons. The molecule has 0 fully saturated rings. The number of benzene rings is 2. The fourth-order valence-electron chi connectivity index (χ4n) is 2.80. The summed E-state index contributed by atoms with van der Waals surface area (Å²) >= 11 is 1.25. The van der Waals surface area contributed by atoms with Gasteiger partial charge in [0, 0.05) is 5.56 Å². The van der Waals surface area contributed by atoms with E-state index in [-0.39, 0.29) is 27.5 Å². The predicted octanol–water partition coefficient (Wildman–Crippen LogP) is 4.71. The third kappa shape index (κ3) is 4.50. The highest BCUT2D eigenvalue weighted by Crippen LogP contribution is 2.34. The number of fused-ring (bicyclic) bond motifs is 1. The Hall–Kier alpha value is -3.25. The molecule has 1 unspecified atom stereocenters. The van der Waals surface area contributed by atoms with Crippen LogP contribution >= 0.6 is 23.1 Å². The molecule has 2 heterocycles. The van der Waals surface area contributed by atoms with Crippen molar-refractivity contribution in [2.45, 2.75) is 23.5 Å². The van der Waals surface area contributed by atoms with Crippen molar-refractivity contribution < 1.29 is 22.8 Å². The molecule has 0 aliphatic rings. The lowest BCUT2D eigenvalue weighted by atomic mass is 10.2. The van der Waals surface area contributed by atoms with Gasteiger partial charge in [-0.05, 0) is 31.2 Å². The number of nitrogens with one attached hydrogen (secondary N) is 1. The van der Waals surface area contributed by atoms with Gasteiger partial charge in [-0.25, -0.2) is 4.98 Å². The zero-order valence-corrected chi connectivity index (χ0v) is 18.0. The van der Waals surface area contributed by atoms with Crippen LogP contribution in [0.2, 0.25) is 0 Å². The summed E-state index contributed by atoms with van der Waals surface area (Å²) in [5.41, 5.74) is 1.60. The predicted molar refractivity (Wildman–Crippen MR) is 115 cm³/mol. The third-order valence-corrected chi connectivity index (χ3v) is 6.24.